The summed E-state index contributed by atoms with van der Waals surface area (Å²) in [6, 6.07) is 2.35. The van der Waals surface area contributed by atoms with Gasteiger partial charge in [-0.2, -0.15) is 0 Å². The van der Waals surface area contributed by atoms with Crippen molar-refractivity contribution in [1.82, 2.24) is 0 Å². The van der Waals surface area contributed by atoms with Gasteiger partial charge in [0, 0.05) is 6.54 Å². The van der Waals surface area contributed by atoms with E-state index in [1.165, 1.54) is 0 Å². The highest BCUT2D eigenvalue weighted by Gasteiger charge is 2.34. The lowest BCUT2D eigenvalue weighted by atomic mass is 9.91. The molecule has 11 heteroatoms. The molecule has 0 bridgehead atoms. The predicted molar refractivity (Wildman–Crippen MR) is 86.7 cm³/mol. The monoisotopic (exact) mass is 417 g/mol. The van der Waals surface area contributed by atoms with Crippen LogP contribution in [0.4, 0.5) is 26.3 Å². The van der Waals surface area contributed by atoms with Crippen molar-refractivity contribution in [3.8, 4) is 11.5 Å². The molecular weight excluding hydrogens is 396 g/mol. The zero-order chi connectivity index (χ0) is 21.5. The molecule has 160 valence electrons. The quantitative estimate of drug-likeness (QED) is 0.548. The maximum Gasteiger partial charge on any atom is 0.573 e. The Morgan fingerprint density at radius 3 is 2.25 bits per heavy atom. The molecular formula is C17H21F6NO4. The van der Waals surface area contributed by atoms with Crippen LogP contribution in [0.5, 0.6) is 11.5 Å². The first-order valence-electron chi connectivity index (χ1n) is 8.38. The summed E-state index contributed by atoms with van der Waals surface area (Å²) in [4.78, 5) is 11.0. The molecule has 0 fully saturated rings. The first-order valence-corrected chi connectivity index (χ1v) is 8.38. The van der Waals surface area contributed by atoms with Crippen molar-refractivity contribution in [3.05, 3.63) is 23.8 Å². The minimum Gasteiger partial charge on any atom is -0.481 e. The predicted octanol–water partition coefficient (Wildman–Crippen LogP) is 4.49. The third-order valence-corrected chi connectivity index (χ3v) is 3.95. The molecule has 28 heavy (non-hydrogen) atoms. The number of halogens is 6. The van der Waals surface area contributed by atoms with Crippen molar-refractivity contribution in [2.45, 2.75) is 45.3 Å². The van der Waals surface area contributed by atoms with Gasteiger partial charge in [-0.1, -0.05) is 13.3 Å². The van der Waals surface area contributed by atoms with Crippen LogP contribution in [-0.4, -0.2) is 30.3 Å². The highest BCUT2D eigenvalue weighted by molar-refractivity contribution is 5.70. The van der Waals surface area contributed by atoms with Crippen LogP contribution in [0, 0.1) is 11.8 Å². The fraction of sp³-hybridized carbons (Fsp3) is 0.588. The van der Waals surface area contributed by atoms with E-state index in [2.05, 4.69) is 9.47 Å². The second kappa shape index (κ2) is 9.85. The van der Waals surface area contributed by atoms with Crippen molar-refractivity contribution < 1.29 is 45.7 Å². The van der Waals surface area contributed by atoms with E-state index in [-0.39, 0.29) is 30.9 Å². The highest BCUT2D eigenvalue weighted by atomic mass is 19.4. The second-order valence-electron chi connectivity index (χ2n) is 6.37. The number of rotatable bonds is 10. The molecule has 0 aliphatic rings. The van der Waals surface area contributed by atoms with Gasteiger partial charge >= 0.3 is 18.7 Å². The Bertz CT molecular complexity index is 648. The molecule has 0 radical (unpaired) electrons. The van der Waals surface area contributed by atoms with Gasteiger partial charge in [0.25, 0.3) is 0 Å². The lowest BCUT2D eigenvalue weighted by molar-refractivity contribution is -0.277. The maximum absolute atomic E-state index is 12.5. The van der Waals surface area contributed by atoms with E-state index >= 15 is 0 Å². The molecule has 2 unspecified atom stereocenters. The first kappa shape index (κ1) is 23.9. The average molecular weight is 417 g/mol. The molecule has 0 heterocycles. The number of aryl methyl sites for hydroxylation is 1. The number of ether oxygens (including phenoxy) is 2. The van der Waals surface area contributed by atoms with Gasteiger partial charge in [-0.05, 0) is 48.9 Å². The van der Waals surface area contributed by atoms with Crippen molar-refractivity contribution in [3.63, 3.8) is 0 Å². The molecule has 5 nitrogen and oxygen atoms in total. The molecule has 1 aromatic carbocycles. The van der Waals surface area contributed by atoms with Crippen molar-refractivity contribution in [2.24, 2.45) is 17.6 Å². The van der Waals surface area contributed by atoms with E-state index in [0.717, 1.165) is 18.2 Å². The van der Waals surface area contributed by atoms with Crippen molar-refractivity contribution in [2.75, 3.05) is 6.54 Å². The minimum atomic E-state index is -5.00. The first-order chi connectivity index (χ1) is 12.8. The molecule has 1 rings (SSSR count). The summed E-state index contributed by atoms with van der Waals surface area (Å²) < 4.78 is 82.1. The van der Waals surface area contributed by atoms with E-state index in [9.17, 15) is 31.1 Å². The highest BCUT2D eigenvalue weighted by Crippen LogP contribution is 2.33. The summed E-state index contributed by atoms with van der Waals surface area (Å²) in [6.07, 6.45) is -8.95. The van der Waals surface area contributed by atoms with Gasteiger partial charge in [-0.25, -0.2) is 0 Å². The Morgan fingerprint density at radius 1 is 1.14 bits per heavy atom. The maximum atomic E-state index is 12.5. The third-order valence-electron chi connectivity index (χ3n) is 3.95. The molecule has 2 atom stereocenters. The number of carboxylic acid groups (broad SMARTS) is 1. The standard InChI is InChI=1S/C17H21F6NO4/c1-10(7-12(9-24)15(25)26)3-2-4-11-8-13(27-16(18,19)20)5-6-14(11)28-17(21,22)23/h5-6,8,10,12H,2-4,7,9,24H2,1H3,(H,25,26). The van der Waals surface area contributed by atoms with Gasteiger partial charge in [-0.15, -0.1) is 26.3 Å². The van der Waals surface area contributed by atoms with Crippen LogP contribution < -0.4 is 15.2 Å². The summed E-state index contributed by atoms with van der Waals surface area (Å²) in [7, 11) is 0. The lowest BCUT2D eigenvalue weighted by Gasteiger charge is -2.18. The van der Waals surface area contributed by atoms with Gasteiger partial charge in [0.05, 0.1) is 5.92 Å². The van der Waals surface area contributed by atoms with Crippen molar-refractivity contribution in [1.29, 1.82) is 0 Å². The summed E-state index contributed by atoms with van der Waals surface area (Å²) in [5.41, 5.74) is 5.28. The van der Waals surface area contributed by atoms with E-state index in [1.54, 1.807) is 6.92 Å². The van der Waals surface area contributed by atoms with Crippen LogP contribution >= 0.6 is 0 Å². The zero-order valence-electron chi connectivity index (χ0n) is 14.9. The number of alkyl halides is 6. The number of hydrogen-bond donors (Lipinski definition) is 2. The molecule has 0 aliphatic carbocycles. The summed E-state index contributed by atoms with van der Waals surface area (Å²) in [6.45, 7) is 1.72. The minimum absolute atomic E-state index is 0.00876. The normalized spacial score (nSPS) is 14.4. The molecule has 0 amide bonds. The Hall–Kier alpha value is -2.17. The average Bonchev–Trinajstić information content (AvgIpc) is 2.52. The van der Waals surface area contributed by atoms with E-state index in [1.807, 2.05) is 0 Å². The molecule has 0 aromatic heterocycles. The molecule has 0 saturated heterocycles. The van der Waals surface area contributed by atoms with Gasteiger partial charge in [0.2, 0.25) is 0 Å². The number of carboxylic acids is 1. The Morgan fingerprint density at radius 2 is 1.75 bits per heavy atom. The number of hydrogen-bond acceptors (Lipinski definition) is 4. The summed E-state index contributed by atoms with van der Waals surface area (Å²) in [5, 5.41) is 8.98. The van der Waals surface area contributed by atoms with E-state index in [0.29, 0.717) is 12.8 Å². The van der Waals surface area contributed by atoms with Gasteiger partial charge < -0.3 is 20.3 Å². The third kappa shape index (κ3) is 9.16. The summed E-state index contributed by atoms with van der Waals surface area (Å²) >= 11 is 0. The second-order valence-corrected chi connectivity index (χ2v) is 6.37. The molecule has 0 aliphatic heterocycles. The Labute approximate surface area is 157 Å². The van der Waals surface area contributed by atoms with Crippen LogP contribution in [0.1, 0.15) is 31.7 Å². The number of nitrogens with two attached hydrogens (primary N) is 1. The molecule has 1 aromatic rings. The van der Waals surface area contributed by atoms with Crippen molar-refractivity contribution >= 4 is 5.97 Å². The fourth-order valence-electron chi connectivity index (χ4n) is 2.71. The summed E-state index contributed by atoms with van der Waals surface area (Å²) in [5.74, 6) is -3.12. The fourth-order valence-corrected chi connectivity index (χ4v) is 2.71. The Balaban J connectivity index is 2.82. The van der Waals surface area contributed by atoms with E-state index in [4.69, 9.17) is 10.8 Å². The zero-order valence-corrected chi connectivity index (χ0v) is 14.9. The van der Waals surface area contributed by atoms with Crippen LogP contribution in [0.3, 0.4) is 0 Å². The number of benzene rings is 1. The van der Waals surface area contributed by atoms with Crippen LogP contribution in [0.2, 0.25) is 0 Å². The number of aliphatic carboxylic acids is 1. The number of carbonyl (C=O) groups is 1. The van der Waals surface area contributed by atoms with Crippen LogP contribution in [-0.2, 0) is 11.2 Å². The smallest absolute Gasteiger partial charge is 0.481 e. The van der Waals surface area contributed by atoms with E-state index < -0.39 is 36.1 Å². The van der Waals surface area contributed by atoms with Gasteiger partial charge in [0.1, 0.15) is 11.5 Å². The van der Waals surface area contributed by atoms with Gasteiger partial charge in [-0.3, -0.25) is 4.79 Å². The van der Waals surface area contributed by atoms with Crippen LogP contribution in [0.25, 0.3) is 0 Å². The topological polar surface area (TPSA) is 81.8 Å². The molecule has 3 N–H and O–H groups in total. The lowest BCUT2D eigenvalue weighted by Crippen LogP contribution is -2.25. The largest absolute Gasteiger partial charge is 0.573 e. The Kier molecular flexibility index (Phi) is 8.40. The van der Waals surface area contributed by atoms with Gasteiger partial charge in [0.15, 0.2) is 0 Å². The van der Waals surface area contributed by atoms with Crippen LogP contribution in [0.15, 0.2) is 18.2 Å². The molecule has 0 saturated carbocycles. The SMILES string of the molecule is CC(CCCc1cc(OC(F)(F)F)ccc1OC(F)(F)F)CC(CN)C(=O)O. The molecule has 0 spiro atoms.